The molecule has 3 nitrogen and oxygen atoms in total. The van der Waals surface area contributed by atoms with E-state index in [1.54, 1.807) is 0 Å². The number of imide groups is 1. The first-order valence-electron chi connectivity index (χ1n) is 7.12. The second kappa shape index (κ2) is 4.58. The molecule has 1 aliphatic carbocycles. The summed E-state index contributed by atoms with van der Waals surface area (Å²) >= 11 is 0. The minimum atomic E-state index is -0.188. The van der Waals surface area contributed by atoms with Crippen molar-refractivity contribution >= 4 is 17.5 Å². The molecular formula is C17H19NO2. The van der Waals surface area contributed by atoms with Crippen LogP contribution in [-0.2, 0) is 9.59 Å². The molecular weight excluding hydrogens is 250 g/mol. The number of nitrogens with zero attached hydrogens (tertiary/aromatic N) is 1. The van der Waals surface area contributed by atoms with E-state index in [4.69, 9.17) is 0 Å². The number of rotatable bonds is 1. The third-order valence-electron chi connectivity index (χ3n) is 4.48. The summed E-state index contributed by atoms with van der Waals surface area (Å²) in [6, 6.07) is 5.90. The summed E-state index contributed by atoms with van der Waals surface area (Å²) in [5, 5.41) is 0. The molecule has 1 aromatic rings. The van der Waals surface area contributed by atoms with Crippen molar-refractivity contribution in [2.75, 3.05) is 4.90 Å². The molecule has 1 fully saturated rings. The maximum Gasteiger partial charge on any atom is 0.238 e. The Morgan fingerprint density at radius 2 is 1.90 bits per heavy atom. The molecule has 1 heterocycles. The van der Waals surface area contributed by atoms with Crippen LogP contribution in [0.4, 0.5) is 5.69 Å². The van der Waals surface area contributed by atoms with E-state index in [0.717, 1.165) is 16.8 Å². The highest BCUT2D eigenvalue weighted by molar-refractivity contribution is 6.22. The molecule has 0 spiro atoms. The van der Waals surface area contributed by atoms with Gasteiger partial charge in [0.05, 0.1) is 17.5 Å². The summed E-state index contributed by atoms with van der Waals surface area (Å²) in [4.78, 5) is 26.7. The standard InChI is InChI=1S/C17H19NO2/c1-10-7-8-11(2)14(9-10)18-16(19)13-6-4-5-12(3)15(13)17(18)20/h4-5,7-9,12-13,15H,6H2,1-3H3/t12-,13+,15-/m0/s1. The fraction of sp³-hybridized carbons (Fsp3) is 0.412. The number of aryl methyl sites for hydroxylation is 2. The molecule has 0 radical (unpaired) electrons. The fourth-order valence-electron chi connectivity index (χ4n) is 3.35. The zero-order valence-corrected chi connectivity index (χ0v) is 12.1. The number of fused-ring (bicyclic) bond motifs is 1. The number of carbonyl (C=O) groups excluding carboxylic acids is 2. The van der Waals surface area contributed by atoms with Crippen LogP contribution in [-0.4, -0.2) is 11.8 Å². The van der Waals surface area contributed by atoms with E-state index in [1.807, 2.05) is 45.0 Å². The molecule has 3 rings (SSSR count). The lowest BCUT2D eigenvalue weighted by Crippen LogP contribution is -2.32. The number of benzene rings is 1. The number of allylic oxidation sites excluding steroid dienone is 2. The monoisotopic (exact) mass is 269 g/mol. The van der Waals surface area contributed by atoms with E-state index >= 15 is 0 Å². The quantitative estimate of drug-likeness (QED) is 0.580. The van der Waals surface area contributed by atoms with E-state index in [1.165, 1.54) is 4.90 Å². The van der Waals surface area contributed by atoms with Crippen LogP contribution in [0.3, 0.4) is 0 Å². The zero-order chi connectivity index (χ0) is 14.4. The third kappa shape index (κ3) is 1.80. The Morgan fingerprint density at radius 1 is 1.15 bits per heavy atom. The van der Waals surface area contributed by atoms with Gasteiger partial charge in [-0.3, -0.25) is 9.59 Å². The van der Waals surface area contributed by atoms with Crippen LogP contribution in [0.15, 0.2) is 30.4 Å². The van der Waals surface area contributed by atoms with Gasteiger partial charge in [0.2, 0.25) is 11.8 Å². The van der Waals surface area contributed by atoms with Gasteiger partial charge < -0.3 is 0 Å². The first-order valence-corrected chi connectivity index (χ1v) is 7.12. The summed E-state index contributed by atoms with van der Waals surface area (Å²) in [5.74, 6) is -0.300. The Bertz CT molecular complexity index is 617. The molecule has 0 unspecified atom stereocenters. The summed E-state index contributed by atoms with van der Waals surface area (Å²) in [6.45, 7) is 5.94. The molecule has 0 bridgehead atoms. The molecule has 3 heteroatoms. The molecule has 0 saturated carbocycles. The molecule has 2 amide bonds. The second-order valence-electron chi connectivity index (χ2n) is 5.96. The lowest BCUT2D eigenvalue weighted by Gasteiger charge is -2.22. The van der Waals surface area contributed by atoms with Gasteiger partial charge in [-0.15, -0.1) is 0 Å². The van der Waals surface area contributed by atoms with Crippen LogP contribution in [0.2, 0.25) is 0 Å². The normalized spacial score (nSPS) is 28.9. The summed E-state index contributed by atoms with van der Waals surface area (Å²) in [6.07, 6.45) is 4.77. The van der Waals surface area contributed by atoms with Crippen molar-refractivity contribution in [2.45, 2.75) is 27.2 Å². The molecule has 2 aliphatic rings. The van der Waals surface area contributed by atoms with Gasteiger partial charge in [0.15, 0.2) is 0 Å². The average molecular weight is 269 g/mol. The molecule has 104 valence electrons. The Balaban J connectivity index is 2.06. The largest absolute Gasteiger partial charge is 0.274 e. The van der Waals surface area contributed by atoms with Crippen LogP contribution in [0, 0.1) is 31.6 Å². The van der Waals surface area contributed by atoms with Gasteiger partial charge in [-0.05, 0) is 43.4 Å². The summed E-state index contributed by atoms with van der Waals surface area (Å²) in [5.41, 5.74) is 2.78. The average Bonchev–Trinajstić information content (AvgIpc) is 2.66. The van der Waals surface area contributed by atoms with E-state index < -0.39 is 0 Å². The first kappa shape index (κ1) is 13.1. The highest BCUT2D eigenvalue weighted by atomic mass is 16.2. The molecule has 0 N–H and O–H groups in total. The highest BCUT2D eigenvalue weighted by Gasteiger charge is 2.50. The minimum Gasteiger partial charge on any atom is -0.274 e. The highest BCUT2D eigenvalue weighted by Crippen LogP contribution is 2.41. The third-order valence-corrected chi connectivity index (χ3v) is 4.48. The molecule has 1 aromatic carbocycles. The fourth-order valence-corrected chi connectivity index (χ4v) is 3.35. The molecule has 3 atom stereocenters. The van der Waals surface area contributed by atoms with Crippen molar-refractivity contribution in [1.82, 2.24) is 0 Å². The molecule has 1 aliphatic heterocycles. The van der Waals surface area contributed by atoms with Crippen molar-refractivity contribution in [3.63, 3.8) is 0 Å². The van der Waals surface area contributed by atoms with Crippen LogP contribution in [0.1, 0.15) is 24.5 Å². The Labute approximate surface area is 119 Å². The SMILES string of the molecule is Cc1ccc(C)c(N2C(=O)[C@H]3[C@@H](C)C=CC[C@H]3C2=O)c1. The topological polar surface area (TPSA) is 37.4 Å². The lowest BCUT2D eigenvalue weighted by atomic mass is 9.78. The Morgan fingerprint density at radius 3 is 2.60 bits per heavy atom. The predicted molar refractivity (Wildman–Crippen MR) is 78.3 cm³/mol. The van der Waals surface area contributed by atoms with Crippen LogP contribution in [0.5, 0.6) is 0 Å². The maximum atomic E-state index is 12.7. The molecule has 0 aromatic heterocycles. The van der Waals surface area contributed by atoms with Gasteiger partial charge in [-0.1, -0.05) is 31.2 Å². The van der Waals surface area contributed by atoms with Crippen molar-refractivity contribution in [3.8, 4) is 0 Å². The Kier molecular flexibility index (Phi) is 3.00. The number of anilines is 1. The molecule has 20 heavy (non-hydrogen) atoms. The smallest absolute Gasteiger partial charge is 0.238 e. The van der Waals surface area contributed by atoms with Crippen LogP contribution in [0.25, 0.3) is 0 Å². The molecule has 1 saturated heterocycles. The van der Waals surface area contributed by atoms with Crippen molar-refractivity contribution in [2.24, 2.45) is 17.8 Å². The van der Waals surface area contributed by atoms with Gasteiger partial charge in [0, 0.05) is 0 Å². The van der Waals surface area contributed by atoms with Crippen molar-refractivity contribution in [3.05, 3.63) is 41.5 Å². The van der Waals surface area contributed by atoms with Gasteiger partial charge in [-0.25, -0.2) is 4.90 Å². The van der Waals surface area contributed by atoms with E-state index in [-0.39, 0.29) is 29.6 Å². The maximum absolute atomic E-state index is 12.7. The predicted octanol–water partition coefficient (Wildman–Crippen LogP) is 3.01. The van der Waals surface area contributed by atoms with Crippen LogP contribution < -0.4 is 4.90 Å². The van der Waals surface area contributed by atoms with Crippen molar-refractivity contribution < 1.29 is 9.59 Å². The zero-order valence-electron chi connectivity index (χ0n) is 12.1. The van der Waals surface area contributed by atoms with Gasteiger partial charge in [-0.2, -0.15) is 0 Å². The summed E-state index contributed by atoms with van der Waals surface area (Å²) in [7, 11) is 0. The number of carbonyl (C=O) groups is 2. The van der Waals surface area contributed by atoms with Gasteiger partial charge in [0.25, 0.3) is 0 Å². The lowest BCUT2D eigenvalue weighted by molar-refractivity contribution is -0.122. The number of hydrogen-bond donors (Lipinski definition) is 0. The number of amides is 2. The minimum absolute atomic E-state index is 0.0365. The van der Waals surface area contributed by atoms with E-state index in [2.05, 4.69) is 6.08 Å². The first-order chi connectivity index (χ1) is 9.50. The van der Waals surface area contributed by atoms with Gasteiger partial charge >= 0.3 is 0 Å². The van der Waals surface area contributed by atoms with Crippen LogP contribution >= 0.6 is 0 Å². The van der Waals surface area contributed by atoms with Gasteiger partial charge in [0.1, 0.15) is 0 Å². The van der Waals surface area contributed by atoms with Crippen molar-refractivity contribution in [1.29, 1.82) is 0 Å². The summed E-state index contributed by atoms with van der Waals surface area (Å²) < 4.78 is 0. The second-order valence-corrected chi connectivity index (χ2v) is 5.96. The van der Waals surface area contributed by atoms with E-state index in [0.29, 0.717) is 6.42 Å². The number of hydrogen-bond acceptors (Lipinski definition) is 2. The van der Waals surface area contributed by atoms with E-state index in [9.17, 15) is 9.59 Å². The Hall–Kier alpha value is -1.90.